The van der Waals surface area contributed by atoms with Crippen LogP contribution in [0.2, 0.25) is 15.1 Å². The Balaban J connectivity index is 2.20. The summed E-state index contributed by atoms with van der Waals surface area (Å²) in [5.41, 5.74) is 2.26. The molecule has 0 aliphatic heterocycles. The summed E-state index contributed by atoms with van der Waals surface area (Å²) >= 11 is 17.8. The number of hydrogen-bond acceptors (Lipinski definition) is 3. The third-order valence-electron chi connectivity index (χ3n) is 2.90. The van der Waals surface area contributed by atoms with E-state index in [9.17, 15) is 10.1 Å². The lowest BCUT2D eigenvalue weighted by atomic mass is 10.1. The minimum absolute atomic E-state index is 0.0947. The Morgan fingerprint density at radius 1 is 1.10 bits per heavy atom. The summed E-state index contributed by atoms with van der Waals surface area (Å²) in [6.07, 6.45) is 0. The molecule has 0 saturated carbocycles. The van der Waals surface area contributed by atoms with Crippen molar-refractivity contribution in [3.05, 3.63) is 66.6 Å². The molecule has 0 aliphatic carbocycles. The number of halogens is 3. The fourth-order valence-electron chi connectivity index (χ4n) is 1.91. The van der Waals surface area contributed by atoms with Crippen molar-refractivity contribution in [2.45, 2.75) is 13.5 Å². The molecular weight excluding hydrogens is 335 g/mol. The maximum absolute atomic E-state index is 10.8. The fraction of sp³-hybridized carbons (Fsp3) is 0.143. The number of benzene rings is 2. The molecule has 7 heteroatoms. The van der Waals surface area contributed by atoms with Gasteiger partial charge in [0.25, 0.3) is 5.69 Å². The molecule has 2 rings (SSSR count). The van der Waals surface area contributed by atoms with E-state index < -0.39 is 4.92 Å². The number of nitro groups is 1. The van der Waals surface area contributed by atoms with Crippen LogP contribution in [0.25, 0.3) is 0 Å². The summed E-state index contributed by atoms with van der Waals surface area (Å²) in [6, 6.07) is 8.23. The molecular formula is C14H11Cl3N2O2. The fourth-order valence-corrected chi connectivity index (χ4v) is 2.71. The monoisotopic (exact) mass is 344 g/mol. The number of hydrogen-bond donors (Lipinski definition) is 1. The van der Waals surface area contributed by atoms with Gasteiger partial charge in [0.05, 0.1) is 4.92 Å². The molecule has 0 atom stereocenters. The second kappa shape index (κ2) is 6.52. The smallest absolute Gasteiger partial charge is 0.288 e. The average Bonchev–Trinajstić information content (AvgIpc) is 2.38. The van der Waals surface area contributed by atoms with Crippen LogP contribution in [0.1, 0.15) is 11.1 Å². The Morgan fingerprint density at radius 3 is 2.29 bits per heavy atom. The second-order valence-electron chi connectivity index (χ2n) is 4.51. The molecule has 0 saturated heterocycles. The molecule has 2 aromatic rings. The van der Waals surface area contributed by atoms with E-state index in [0.717, 1.165) is 16.8 Å². The third-order valence-corrected chi connectivity index (χ3v) is 3.63. The molecule has 0 heterocycles. The Labute approximate surface area is 136 Å². The van der Waals surface area contributed by atoms with E-state index in [2.05, 4.69) is 5.32 Å². The van der Waals surface area contributed by atoms with Crippen LogP contribution >= 0.6 is 34.8 Å². The molecule has 0 unspecified atom stereocenters. The lowest BCUT2D eigenvalue weighted by Gasteiger charge is -2.11. The van der Waals surface area contributed by atoms with E-state index in [0.29, 0.717) is 16.6 Å². The summed E-state index contributed by atoms with van der Waals surface area (Å²) in [5.74, 6) is 0. The first-order valence-electron chi connectivity index (χ1n) is 6.00. The molecule has 1 N–H and O–H groups in total. The van der Waals surface area contributed by atoms with Crippen LogP contribution in [0, 0.1) is 17.0 Å². The molecule has 2 aromatic carbocycles. The van der Waals surface area contributed by atoms with Crippen molar-refractivity contribution >= 4 is 46.2 Å². The number of rotatable bonds is 4. The molecule has 0 aliphatic rings. The van der Waals surface area contributed by atoms with Crippen molar-refractivity contribution in [2.24, 2.45) is 0 Å². The average molecular weight is 346 g/mol. The van der Waals surface area contributed by atoms with E-state index in [1.54, 1.807) is 31.2 Å². The van der Waals surface area contributed by atoms with Gasteiger partial charge in [-0.1, -0.05) is 34.8 Å². The highest BCUT2D eigenvalue weighted by Crippen LogP contribution is 2.31. The van der Waals surface area contributed by atoms with Crippen molar-refractivity contribution in [3.8, 4) is 0 Å². The molecule has 0 aromatic heterocycles. The first-order valence-corrected chi connectivity index (χ1v) is 7.13. The van der Waals surface area contributed by atoms with E-state index in [1.807, 2.05) is 0 Å². The van der Waals surface area contributed by atoms with Gasteiger partial charge in [-0.2, -0.15) is 0 Å². The number of anilines is 1. The maximum atomic E-state index is 10.8. The topological polar surface area (TPSA) is 55.2 Å². The molecule has 21 heavy (non-hydrogen) atoms. The van der Waals surface area contributed by atoms with Gasteiger partial charge in [0.15, 0.2) is 0 Å². The van der Waals surface area contributed by atoms with Crippen molar-refractivity contribution in [3.63, 3.8) is 0 Å². The lowest BCUT2D eigenvalue weighted by molar-refractivity contribution is -0.384. The van der Waals surface area contributed by atoms with Crippen molar-refractivity contribution in [2.75, 3.05) is 5.32 Å². The molecule has 0 bridgehead atoms. The predicted molar refractivity (Wildman–Crippen MR) is 86.6 cm³/mol. The summed E-state index contributed by atoms with van der Waals surface area (Å²) in [6.45, 7) is 2.26. The Hall–Kier alpha value is -1.49. The zero-order valence-electron chi connectivity index (χ0n) is 11.0. The highest BCUT2D eigenvalue weighted by molar-refractivity contribution is 6.34. The number of aryl methyl sites for hydroxylation is 1. The minimum Gasteiger partial charge on any atom is -0.381 e. The largest absolute Gasteiger partial charge is 0.381 e. The van der Waals surface area contributed by atoms with E-state index >= 15 is 0 Å². The van der Waals surface area contributed by atoms with Gasteiger partial charge in [0.1, 0.15) is 5.02 Å². The van der Waals surface area contributed by atoms with Crippen LogP contribution in [0.3, 0.4) is 0 Å². The molecule has 110 valence electrons. The molecule has 0 fully saturated rings. The zero-order valence-corrected chi connectivity index (χ0v) is 13.3. The second-order valence-corrected chi connectivity index (χ2v) is 5.79. The number of nitrogens with one attached hydrogen (secondary N) is 1. The predicted octanol–water partition coefficient (Wildman–Crippen LogP) is 5.48. The number of nitrogens with zero attached hydrogens (tertiary/aromatic N) is 1. The van der Waals surface area contributed by atoms with Crippen LogP contribution in [0.4, 0.5) is 11.4 Å². The first-order chi connectivity index (χ1) is 9.86. The summed E-state index contributed by atoms with van der Waals surface area (Å²) in [4.78, 5) is 10.3. The lowest BCUT2D eigenvalue weighted by Crippen LogP contribution is -2.02. The van der Waals surface area contributed by atoms with E-state index in [1.165, 1.54) is 6.07 Å². The highest BCUT2D eigenvalue weighted by atomic mass is 35.5. The molecule has 0 spiro atoms. The normalized spacial score (nSPS) is 10.5. The Bertz CT molecular complexity index is 685. The van der Waals surface area contributed by atoms with E-state index in [4.69, 9.17) is 34.8 Å². The Morgan fingerprint density at radius 2 is 1.71 bits per heavy atom. The van der Waals surface area contributed by atoms with Gasteiger partial charge in [-0.25, -0.2) is 0 Å². The van der Waals surface area contributed by atoms with Crippen molar-refractivity contribution in [1.29, 1.82) is 0 Å². The van der Waals surface area contributed by atoms with Crippen LogP contribution in [-0.4, -0.2) is 4.92 Å². The maximum Gasteiger partial charge on any atom is 0.288 e. The van der Waals surface area contributed by atoms with Gasteiger partial charge >= 0.3 is 0 Å². The van der Waals surface area contributed by atoms with Crippen molar-refractivity contribution in [1.82, 2.24) is 0 Å². The summed E-state index contributed by atoms with van der Waals surface area (Å²) in [5, 5.41) is 15.2. The summed E-state index contributed by atoms with van der Waals surface area (Å²) < 4.78 is 0. The van der Waals surface area contributed by atoms with Gasteiger partial charge in [-0.05, 0) is 42.3 Å². The minimum atomic E-state index is -0.504. The van der Waals surface area contributed by atoms with Gasteiger partial charge in [0.2, 0.25) is 0 Å². The zero-order chi connectivity index (χ0) is 15.6. The Kier molecular flexibility index (Phi) is 4.93. The standard InChI is InChI=1S/C14H11Cl3N2O2/c1-8-2-14(19(20)21)12(17)6-13(8)18-7-9-3-10(15)5-11(16)4-9/h2-6,18H,7H2,1H3. The third kappa shape index (κ3) is 4.00. The van der Waals surface area contributed by atoms with Gasteiger partial charge in [-0.15, -0.1) is 0 Å². The van der Waals surface area contributed by atoms with Crippen LogP contribution in [0.5, 0.6) is 0 Å². The number of nitro benzene ring substituents is 1. The van der Waals surface area contributed by atoms with Crippen LogP contribution in [0.15, 0.2) is 30.3 Å². The van der Waals surface area contributed by atoms with Crippen LogP contribution < -0.4 is 5.32 Å². The molecule has 4 nitrogen and oxygen atoms in total. The molecule has 0 radical (unpaired) electrons. The van der Waals surface area contributed by atoms with Gasteiger partial charge in [0, 0.05) is 28.3 Å². The first kappa shape index (κ1) is 15.9. The SMILES string of the molecule is Cc1cc([N+](=O)[O-])c(Cl)cc1NCc1cc(Cl)cc(Cl)c1. The van der Waals surface area contributed by atoms with Gasteiger partial charge in [-0.3, -0.25) is 10.1 Å². The van der Waals surface area contributed by atoms with Crippen molar-refractivity contribution < 1.29 is 4.92 Å². The highest BCUT2D eigenvalue weighted by Gasteiger charge is 2.14. The van der Waals surface area contributed by atoms with Gasteiger partial charge < -0.3 is 5.32 Å². The van der Waals surface area contributed by atoms with Crippen LogP contribution in [-0.2, 0) is 6.54 Å². The quantitative estimate of drug-likeness (QED) is 0.590. The van der Waals surface area contributed by atoms with E-state index in [-0.39, 0.29) is 10.7 Å². The summed E-state index contributed by atoms with van der Waals surface area (Å²) in [7, 11) is 0. The molecule has 0 amide bonds.